The lowest BCUT2D eigenvalue weighted by molar-refractivity contribution is 0.0827. The van der Waals surface area contributed by atoms with Crippen LogP contribution >= 0.6 is 0 Å². The van der Waals surface area contributed by atoms with E-state index in [-0.39, 0.29) is 17.3 Å². The fourth-order valence-corrected chi connectivity index (χ4v) is 4.33. The molecule has 6 heteroatoms. The zero-order valence-electron chi connectivity index (χ0n) is 15.8. The highest BCUT2D eigenvalue weighted by Crippen LogP contribution is 2.26. The number of para-hydroxylation sites is 1. The standard InChI is InChI=1S/C22H22N2O3S/c1-23(2)22(25)19-12-9-15-21(16-19)28(26,27)24(20-13-7-4-8-14-20)17-18-10-5-3-6-11-18/h3-16H,17H2,1-2H3. The minimum atomic E-state index is -3.87. The van der Waals surface area contributed by atoms with Crippen LogP contribution in [0.1, 0.15) is 15.9 Å². The molecular formula is C22H22N2O3S. The van der Waals surface area contributed by atoms with E-state index < -0.39 is 10.0 Å². The topological polar surface area (TPSA) is 57.7 Å². The number of anilines is 1. The summed E-state index contributed by atoms with van der Waals surface area (Å²) in [6.07, 6.45) is 0. The van der Waals surface area contributed by atoms with Crippen LogP contribution in [0.4, 0.5) is 5.69 Å². The van der Waals surface area contributed by atoms with Crippen LogP contribution in [0.3, 0.4) is 0 Å². The molecule has 3 aromatic rings. The van der Waals surface area contributed by atoms with Gasteiger partial charge in [-0.2, -0.15) is 0 Å². The maximum absolute atomic E-state index is 13.5. The quantitative estimate of drug-likeness (QED) is 0.639. The molecule has 5 nitrogen and oxygen atoms in total. The predicted molar refractivity (Wildman–Crippen MR) is 111 cm³/mol. The van der Waals surface area contributed by atoms with Crippen LogP contribution < -0.4 is 4.31 Å². The average Bonchev–Trinajstić information content (AvgIpc) is 2.72. The summed E-state index contributed by atoms with van der Waals surface area (Å²) in [5, 5.41) is 0. The molecule has 0 aliphatic rings. The lowest BCUT2D eigenvalue weighted by Gasteiger charge is -2.25. The molecule has 0 unspecified atom stereocenters. The highest BCUT2D eigenvalue weighted by Gasteiger charge is 2.26. The third kappa shape index (κ3) is 4.23. The number of hydrogen-bond donors (Lipinski definition) is 0. The average molecular weight is 394 g/mol. The van der Waals surface area contributed by atoms with Crippen molar-refractivity contribution >= 4 is 21.6 Å². The molecule has 0 heterocycles. The van der Waals surface area contributed by atoms with Gasteiger partial charge in [0.15, 0.2) is 0 Å². The number of nitrogens with zero attached hydrogens (tertiary/aromatic N) is 2. The summed E-state index contributed by atoms with van der Waals surface area (Å²) in [6.45, 7) is 0.193. The Morgan fingerprint density at radius 3 is 2.04 bits per heavy atom. The highest BCUT2D eigenvalue weighted by molar-refractivity contribution is 7.92. The number of amides is 1. The first-order valence-electron chi connectivity index (χ1n) is 8.83. The molecule has 0 radical (unpaired) electrons. The maximum Gasteiger partial charge on any atom is 0.264 e. The fourth-order valence-electron chi connectivity index (χ4n) is 2.83. The van der Waals surface area contributed by atoms with Crippen LogP contribution in [0, 0.1) is 0 Å². The number of carbonyl (C=O) groups excluding carboxylic acids is 1. The number of hydrogen-bond acceptors (Lipinski definition) is 3. The van der Waals surface area contributed by atoms with Crippen LogP contribution in [-0.4, -0.2) is 33.3 Å². The van der Waals surface area contributed by atoms with Crippen molar-refractivity contribution in [3.8, 4) is 0 Å². The Morgan fingerprint density at radius 1 is 0.821 bits per heavy atom. The van der Waals surface area contributed by atoms with Gasteiger partial charge in [-0.3, -0.25) is 9.10 Å². The molecule has 0 aliphatic heterocycles. The summed E-state index contributed by atoms with van der Waals surface area (Å²) in [5.41, 5.74) is 1.77. The van der Waals surface area contributed by atoms with E-state index in [2.05, 4.69) is 0 Å². The van der Waals surface area contributed by atoms with Crippen molar-refractivity contribution in [1.29, 1.82) is 0 Å². The smallest absolute Gasteiger partial charge is 0.264 e. The molecule has 3 aromatic carbocycles. The molecular weight excluding hydrogens is 372 g/mol. The summed E-state index contributed by atoms with van der Waals surface area (Å²) in [6, 6.07) is 24.5. The monoisotopic (exact) mass is 394 g/mol. The first-order valence-corrected chi connectivity index (χ1v) is 10.3. The van der Waals surface area contributed by atoms with Crippen molar-refractivity contribution in [3.63, 3.8) is 0 Å². The van der Waals surface area contributed by atoms with E-state index in [0.29, 0.717) is 11.3 Å². The lowest BCUT2D eigenvalue weighted by Crippen LogP contribution is -2.31. The van der Waals surface area contributed by atoms with E-state index in [4.69, 9.17) is 0 Å². The van der Waals surface area contributed by atoms with Crippen LogP contribution in [0.15, 0.2) is 89.8 Å². The summed E-state index contributed by atoms with van der Waals surface area (Å²) >= 11 is 0. The second kappa shape index (κ2) is 8.27. The number of benzene rings is 3. The van der Waals surface area contributed by atoms with Crippen molar-refractivity contribution in [2.75, 3.05) is 18.4 Å². The van der Waals surface area contributed by atoms with E-state index in [1.54, 1.807) is 50.5 Å². The van der Waals surface area contributed by atoms with Gasteiger partial charge in [0.05, 0.1) is 17.1 Å². The highest BCUT2D eigenvalue weighted by atomic mass is 32.2. The van der Waals surface area contributed by atoms with Crippen LogP contribution in [0.2, 0.25) is 0 Å². The normalized spacial score (nSPS) is 11.1. The van der Waals surface area contributed by atoms with Crippen LogP contribution in [-0.2, 0) is 16.6 Å². The number of carbonyl (C=O) groups is 1. The first-order chi connectivity index (χ1) is 13.4. The van der Waals surface area contributed by atoms with Gasteiger partial charge in [-0.25, -0.2) is 8.42 Å². The molecule has 0 atom stereocenters. The van der Waals surface area contributed by atoms with Gasteiger partial charge in [0, 0.05) is 19.7 Å². The Morgan fingerprint density at radius 2 is 1.43 bits per heavy atom. The summed E-state index contributed by atoms with van der Waals surface area (Å²) in [4.78, 5) is 13.8. The van der Waals surface area contributed by atoms with Gasteiger partial charge < -0.3 is 4.90 Å². The Bertz CT molecular complexity index is 1050. The SMILES string of the molecule is CN(C)C(=O)c1cccc(S(=O)(=O)N(Cc2ccccc2)c2ccccc2)c1. The van der Waals surface area contributed by atoms with Gasteiger partial charge in [0.2, 0.25) is 0 Å². The van der Waals surface area contributed by atoms with Gasteiger partial charge in [-0.05, 0) is 35.9 Å². The van der Waals surface area contributed by atoms with E-state index in [9.17, 15) is 13.2 Å². The minimum absolute atomic E-state index is 0.0833. The van der Waals surface area contributed by atoms with Gasteiger partial charge in [0.25, 0.3) is 15.9 Å². The third-order valence-electron chi connectivity index (χ3n) is 4.29. The van der Waals surface area contributed by atoms with Gasteiger partial charge >= 0.3 is 0 Å². The number of sulfonamides is 1. The second-order valence-electron chi connectivity index (χ2n) is 6.56. The Labute approximate surface area is 165 Å². The first kappa shape index (κ1) is 19.6. The fraction of sp³-hybridized carbons (Fsp3) is 0.136. The van der Waals surface area contributed by atoms with E-state index in [0.717, 1.165) is 5.56 Å². The van der Waals surface area contributed by atoms with Crippen molar-refractivity contribution in [2.24, 2.45) is 0 Å². The zero-order valence-corrected chi connectivity index (χ0v) is 16.6. The van der Waals surface area contributed by atoms with Crippen molar-refractivity contribution in [2.45, 2.75) is 11.4 Å². The molecule has 0 saturated carbocycles. The Balaban J connectivity index is 2.06. The molecule has 3 rings (SSSR count). The summed E-state index contributed by atoms with van der Waals surface area (Å²) in [7, 11) is -0.603. The summed E-state index contributed by atoms with van der Waals surface area (Å²) < 4.78 is 28.3. The van der Waals surface area contributed by atoms with Crippen LogP contribution in [0.5, 0.6) is 0 Å². The third-order valence-corrected chi connectivity index (χ3v) is 6.06. The van der Waals surface area contributed by atoms with Crippen molar-refractivity contribution in [1.82, 2.24) is 4.90 Å². The molecule has 0 saturated heterocycles. The maximum atomic E-state index is 13.5. The Kier molecular flexibility index (Phi) is 5.80. The van der Waals surface area contributed by atoms with Gasteiger partial charge in [-0.1, -0.05) is 54.6 Å². The molecule has 1 amide bonds. The van der Waals surface area contributed by atoms with Crippen molar-refractivity contribution in [3.05, 3.63) is 96.1 Å². The largest absolute Gasteiger partial charge is 0.345 e. The van der Waals surface area contributed by atoms with E-state index in [1.165, 1.54) is 21.3 Å². The van der Waals surface area contributed by atoms with Crippen molar-refractivity contribution < 1.29 is 13.2 Å². The molecule has 0 aromatic heterocycles. The zero-order chi connectivity index (χ0) is 20.1. The summed E-state index contributed by atoms with van der Waals surface area (Å²) in [5.74, 6) is -0.244. The molecule has 144 valence electrons. The minimum Gasteiger partial charge on any atom is -0.345 e. The lowest BCUT2D eigenvalue weighted by atomic mass is 10.2. The number of rotatable bonds is 6. The molecule has 0 fully saturated rings. The molecule has 0 spiro atoms. The molecule has 0 bridgehead atoms. The van der Waals surface area contributed by atoms with Crippen LogP contribution in [0.25, 0.3) is 0 Å². The molecule has 0 N–H and O–H groups in total. The van der Waals surface area contributed by atoms with Gasteiger partial charge in [-0.15, -0.1) is 0 Å². The van der Waals surface area contributed by atoms with E-state index >= 15 is 0 Å². The predicted octanol–water partition coefficient (Wildman–Crippen LogP) is 3.78. The van der Waals surface area contributed by atoms with E-state index in [1.807, 2.05) is 36.4 Å². The molecule has 0 aliphatic carbocycles. The van der Waals surface area contributed by atoms with Gasteiger partial charge in [0.1, 0.15) is 0 Å². The molecule has 28 heavy (non-hydrogen) atoms. The second-order valence-corrected chi connectivity index (χ2v) is 8.42. The Hall–Kier alpha value is -3.12.